The van der Waals surface area contributed by atoms with Gasteiger partial charge in [0.25, 0.3) is 5.91 Å². The highest BCUT2D eigenvalue weighted by Crippen LogP contribution is 2.12. The Labute approximate surface area is 166 Å². The SMILES string of the molecule is CC(C)c1noc(CCCC(=O)NCc2ccc(C(=O)N(C)C(C)C)cc2)n1. The van der Waals surface area contributed by atoms with Gasteiger partial charge in [0, 0.05) is 44.0 Å². The number of nitrogens with one attached hydrogen (secondary N) is 1. The van der Waals surface area contributed by atoms with Gasteiger partial charge in [-0.15, -0.1) is 0 Å². The summed E-state index contributed by atoms with van der Waals surface area (Å²) in [5.41, 5.74) is 1.60. The van der Waals surface area contributed by atoms with Gasteiger partial charge in [0.1, 0.15) is 0 Å². The quantitative estimate of drug-likeness (QED) is 0.714. The Bertz CT molecular complexity index is 781. The lowest BCUT2D eigenvalue weighted by Gasteiger charge is -2.21. The molecular formula is C21H30N4O3. The topological polar surface area (TPSA) is 88.3 Å². The Morgan fingerprint density at radius 3 is 2.39 bits per heavy atom. The lowest BCUT2D eigenvalue weighted by atomic mass is 10.1. The molecule has 0 unspecified atom stereocenters. The van der Waals surface area contributed by atoms with E-state index in [1.54, 1.807) is 24.1 Å². The fourth-order valence-electron chi connectivity index (χ4n) is 2.50. The molecule has 2 rings (SSSR count). The lowest BCUT2D eigenvalue weighted by molar-refractivity contribution is -0.121. The number of benzene rings is 1. The fourth-order valence-corrected chi connectivity index (χ4v) is 2.50. The van der Waals surface area contributed by atoms with Gasteiger partial charge in [0.05, 0.1) is 0 Å². The van der Waals surface area contributed by atoms with E-state index >= 15 is 0 Å². The smallest absolute Gasteiger partial charge is 0.253 e. The Balaban J connectivity index is 1.74. The van der Waals surface area contributed by atoms with Crippen LogP contribution in [0.1, 0.15) is 74.1 Å². The number of carbonyl (C=O) groups is 2. The third-order valence-electron chi connectivity index (χ3n) is 4.58. The minimum atomic E-state index is -0.0247. The molecule has 0 radical (unpaired) electrons. The van der Waals surface area contributed by atoms with E-state index in [0.29, 0.717) is 43.1 Å². The first-order valence-corrected chi connectivity index (χ1v) is 9.73. The van der Waals surface area contributed by atoms with Crippen molar-refractivity contribution in [1.29, 1.82) is 0 Å². The van der Waals surface area contributed by atoms with Crippen LogP contribution in [0.25, 0.3) is 0 Å². The molecule has 28 heavy (non-hydrogen) atoms. The molecule has 1 aromatic heterocycles. The maximum atomic E-state index is 12.3. The van der Waals surface area contributed by atoms with Gasteiger partial charge in [0.2, 0.25) is 11.8 Å². The van der Waals surface area contributed by atoms with Gasteiger partial charge in [-0.1, -0.05) is 31.1 Å². The van der Waals surface area contributed by atoms with Crippen molar-refractivity contribution in [1.82, 2.24) is 20.4 Å². The van der Waals surface area contributed by atoms with Crippen LogP contribution in [0.2, 0.25) is 0 Å². The number of nitrogens with zero attached hydrogens (tertiary/aromatic N) is 3. The van der Waals surface area contributed by atoms with Crippen LogP contribution in [0.4, 0.5) is 0 Å². The molecular weight excluding hydrogens is 356 g/mol. The summed E-state index contributed by atoms with van der Waals surface area (Å²) in [6.07, 6.45) is 1.64. The van der Waals surface area contributed by atoms with Crippen LogP contribution in [-0.4, -0.2) is 39.9 Å². The molecule has 0 aliphatic carbocycles. The van der Waals surface area contributed by atoms with Crippen molar-refractivity contribution in [3.63, 3.8) is 0 Å². The molecule has 1 aromatic carbocycles. The van der Waals surface area contributed by atoms with Crippen LogP contribution >= 0.6 is 0 Å². The van der Waals surface area contributed by atoms with Crippen molar-refractivity contribution in [3.8, 4) is 0 Å². The first-order valence-electron chi connectivity index (χ1n) is 9.73. The maximum absolute atomic E-state index is 12.3. The Kier molecular flexibility index (Phi) is 7.72. The third-order valence-corrected chi connectivity index (χ3v) is 4.58. The highest BCUT2D eigenvalue weighted by atomic mass is 16.5. The van der Waals surface area contributed by atoms with E-state index in [9.17, 15) is 9.59 Å². The molecule has 0 atom stereocenters. The van der Waals surface area contributed by atoms with E-state index in [-0.39, 0.29) is 23.8 Å². The molecule has 1 N–H and O–H groups in total. The predicted octanol–water partition coefficient (Wildman–Crippen LogP) is 3.31. The van der Waals surface area contributed by atoms with Crippen molar-refractivity contribution < 1.29 is 14.1 Å². The molecule has 2 amide bonds. The standard InChI is InChI=1S/C21H30N4O3/c1-14(2)20-23-19(28-24-20)8-6-7-18(26)22-13-16-9-11-17(12-10-16)21(27)25(5)15(3)4/h9-12,14-15H,6-8,13H2,1-5H3,(H,22,26). The van der Waals surface area contributed by atoms with Crippen molar-refractivity contribution in [2.24, 2.45) is 0 Å². The van der Waals surface area contributed by atoms with Crippen LogP contribution in [0.3, 0.4) is 0 Å². The molecule has 7 heteroatoms. The zero-order chi connectivity index (χ0) is 20.7. The predicted molar refractivity (Wildman–Crippen MR) is 107 cm³/mol. The zero-order valence-corrected chi connectivity index (χ0v) is 17.4. The summed E-state index contributed by atoms with van der Waals surface area (Å²) < 4.78 is 5.18. The molecule has 0 aliphatic rings. The molecule has 152 valence electrons. The molecule has 0 aliphatic heterocycles. The van der Waals surface area contributed by atoms with Crippen molar-refractivity contribution in [2.45, 2.75) is 65.5 Å². The summed E-state index contributed by atoms with van der Waals surface area (Å²) >= 11 is 0. The second-order valence-electron chi connectivity index (χ2n) is 7.54. The van der Waals surface area contributed by atoms with Crippen LogP contribution in [0.15, 0.2) is 28.8 Å². The van der Waals surface area contributed by atoms with Gasteiger partial charge in [-0.05, 0) is 38.0 Å². The molecule has 0 saturated heterocycles. The largest absolute Gasteiger partial charge is 0.352 e. The molecule has 2 aromatic rings. The number of hydrogen-bond donors (Lipinski definition) is 1. The van der Waals surface area contributed by atoms with Crippen molar-refractivity contribution >= 4 is 11.8 Å². The van der Waals surface area contributed by atoms with Gasteiger partial charge >= 0.3 is 0 Å². The van der Waals surface area contributed by atoms with Gasteiger partial charge in [-0.25, -0.2) is 0 Å². The molecule has 0 saturated carbocycles. The van der Waals surface area contributed by atoms with Gasteiger partial charge in [-0.3, -0.25) is 9.59 Å². The van der Waals surface area contributed by atoms with Gasteiger partial charge in [-0.2, -0.15) is 4.98 Å². The van der Waals surface area contributed by atoms with E-state index in [0.717, 1.165) is 5.56 Å². The first kappa shape index (κ1) is 21.6. The maximum Gasteiger partial charge on any atom is 0.253 e. The Hall–Kier alpha value is -2.70. The van der Waals surface area contributed by atoms with E-state index < -0.39 is 0 Å². The number of rotatable bonds is 9. The van der Waals surface area contributed by atoms with Crippen LogP contribution in [-0.2, 0) is 17.8 Å². The van der Waals surface area contributed by atoms with E-state index in [4.69, 9.17) is 4.52 Å². The summed E-state index contributed by atoms with van der Waals surface area (Å²) in [5.74, 6) is 1.47. The average molecular weight is 386 g/mol. The Morgan fingerprint density at radius 1 is 1.14 bits per heavy atom. The molecule has 7 nitrogen and oxygen atoms in total. The zero-order valence-electron chi connectivity index (χ0n) is 17.4. The highest BCUT2D eigenvalue weighted by Gasteiger charge is 2.14. The summed E-state index contributed by atoms with van der Waals surface area (Å²) in [7, 11) is 1.79. The summed E-state index contributed by atoms with van der Waals surface area (Å²) in [4.78, 5) is 30.3. The normalized spacial score (nSPS) is 11.1. The summed E-state index contributed by atoms with van der Waals surface area (Å²) in [6, 6.07) is 7.48. The molecule has 1 heterocycles. The van der Waals surface area contributed by atoms with E-state index in [1.807, 2.05) is 39.8 Å². The highest BCUT2D eigenvalue weighted by molar-refractivity contribution is 5.94. The van der Waals surface area contributed by atoms with Gasteiger partial charge in [0.15, 0.2) is 5.82 Å². The average Bonchev–Trinajstić information content (AvgIpc) is 3.15. The van der Waals surface area contributed by atoms with E-state index in [2.05, 4.69) is 15.5 Å². The molecule has 0 spiro atoms. The van der Waals surface area contributed by atoms with Gasteiger partial charge < -0.3 is 14.7 Å². The monoisotopic (exact) mass is 386 g/mol. The number of hydrogen-bond acceptors (Lipinski definition) is 5. The van der Waals surface area contributed by atoms with Crippen LogP contribution < -0.4 is 5.32 Å². The summed E-state index contributed by atoms with van der Waals surface area (Å²) in [6.45, 7) is 8.40. The number of amides is 2. The Morgan fingerprint density at radius 2 is 1.82 bits per heavy atom. The van der Waals surface area contributed by atoms with Crippen LogP contribution in [0, 0.1) is 0 Å². The molecule has 0 fully saturated rings. The fraction of sp³-hybridized carbons (Fsp3) is 0.524. The first-order chi connectivity index (χ1) is 13.3. The number of aryl methyl sites for hydroxylation is 1. The number of aromatic nitrogens is 2. The minimum Gasteiger partial charge on any atom is -0.352 e. The van der Waals surface area contributed by atoms with Crippen molar-refractivity contribution in [2.75, 3.05) is 7.05 Å². The van der Waals surface area contributed by atoms with Crippen LogP contribution in [0.5, 0.6) is 0 Å². The second-order valence-corrected chi connectivity index (χ2v) is 7.54. The minimum absolute atomic E-state index is 0.00719. The number of carbonyl (C=O) groups excluding carboxylic acids is 2. The third kappa shape index (κ3) is 6.18. The second kappa shape index (κ2) is 10.0. The van der Waals surface area contributed by atoms with Crippen molar-refractivity contribution in [3.05, 3.63) is 47.1 Å². The van der Waals surface area contributed by atoms with E-state index in [1.165, 1.54) is 0 Å². The lowest BCUT2D eigenvalue weighted by Crippen LogP contribution is -2.32. The summed E-state index contributed by atoms with van der Waals surface area (Å²) in [5, 5.41) is 6.81. The molecule has 0 bridgehead atoms.